The van der Waals surface area contributed by atoms with Gasteiger partial charge in [0.15, 0.2) is 0 Å². The highest BCUT2D eigenvalue weighted by molar-refractivity contribution is 5.78. The summed E-state index contributed by atoms with van der Waals surface area (Å²) in [6.45, 7) is 0. The molecule has 0 atom stereocenters. The van der Waals surface area contributed by atoms with Crippen LogP contribution in [0.5, 0.6) is 0 Å². The number of nitrogen functional groups attached to an aromatic ring is 1. The first-order chi connectivity index (χ1) is 6.24. The number of nitrogens with one attached hydrogen (secondary N) is 1. The minimum Gasteiger partial charge on any atom is -0.383 e. The van der Waals surface area contributed by atoms with Gasteiger partial charge >= 0.3 is 0 Å². The average Bonchev–Trinajstić information content (AvgIpc) is 2.09. The van der Waals surface area contributed by atoms with Gasteiger partial charge in [-0.2, -0.15) is 0 Å². The lowest BCUT2D eigenvalue weighted by Gasteiger charge is -2.03. The van der Waals surface area contributed by atoms with E-state index in [0.717, 1.165) is 0 Å². The average molecular weight is 181 g/mol. The monoisotopic (exact) mass is 181 g/mol. The quantitative estimate of drug-likeness (QED) is 0.637. The van der Waals surface area contributed by atoms with Crippen molar-refractivity contribution < 1.29 is 9.63 Å². The first-order valence-electron chi connectivity index (χ1n) is 3.75. The summed E-state index contributed by atoms with van der Waals surface area (Å²) in [4.78, 5) is 19.3. The number of amides is 1. The van der Waals surface area contributed by atoms with Crippen LogP contribution in [0.3, 0.4) is 0 Å². The molecule has 0 saturated heterocycles. The molecule has 3 N–H and O–H groups in total. The first-order valence-corrected chi connectivity index (χ1v) is 3.75. The molecule has 0 saturated carbocycles. The van der Waals surface area contributed by atoms with Gasteiger partial charge in [-0.05, 0) is 6.07 Å². The predicted molar refractivity (Wildman–Crippen MR) is 47.5 cm³/mol. The molecule has 1 heterocycles. The standard InChI is InChI=1S/C8H11N3O2/c1-13-11-7(12)5-6-3-2-4-10-8(6)9/h2-4H,5H2,1H3,(H2,9,10)(H,11,12). The fourth-order valence-electron chi connectivity index (χ4n) is 0.923. The topological polar surface area (TPSA) is 77.2 Å². The van der Waals surface area contributed by atoms with Gasteiger partial charge in [-0.3, -0.25) is 9.63 Å². The lowest BCUT2D eigenvalue weighted by atomic mass is 10.2. The van der Waals surface area contributed by atoms with Crippen molar-refractivity contribution in [2.45, 2.75) is 6.42 Å². The van der Waals surface area contributed by atoms with Crippen LogP contribution in [0.25, 0.3) is 0 Å². The van der Waals surface area contributed by atoms with Crippen LogP contribution in [0.4, 0.5) is 5.82 Å². The normalized spacial score (nSPS) is 9.62. The van der Waals surface area contributed by atoms with Crippen LogP contribution in [-0.2, 0) is 16.1 Å². The Morgan fingerprint density at radius 3 is 3.15 bits per heavy atom. The van der Waals surface area contributed by atoms with Crippen molar-refractivity contribution in [1.29, 1.82) is 0 Å². The van der Waals surface area contributed by atoms with Crippen LogP contribution in [0.1, 0.15) is 5.56 Å². The van der Waals surface area contributed by atoms with Gasteiger partial charge in [0.05, 0.1) is 13.5 Å². The zero-order valence-electron chi connectivity index (χ0n) is 7.28. The van der Waals surface area contributed by atoms with Gasteiger partial charge in [0.1, 0.15) is 5.82 Å². The van der Waals surface area contributed by atoms with Gasteiger partial charge in [-0.15, -0.1) is 0 Å². The van der Waals surface area contributed by atoms with Gasteiger partial charge in [-0.25, -0.2) is 10.5 Å². The Morgan fingerprint density at radius 1 is 1.77 bits per heavy atom. The fraction of sp³-hybridized carbons (Fsp3) is 0.250. The van der Waals surface area contributed by atoms with Gasteiger partial charge in [0, 0.05) is 11.8 Å². The van der Waals surface area contributed by atoms with E-state index in [0.29, 0.717) is 11.4 Å². The van der Waals surface area contributed by atoms with E-state index >= 15 is 0 Å². The third-order valence-corrected chi connectivity index (χ3v) is 1.49. The lowest BCUT2D eigenvalue weighted by molar-refractivity contribution is -0.130. The van der Waals surface area contributed by atoms with Crippen LogP contribution in [0.2, 0.25) is 0 Å². The minimum atomic E-state index is -0.248. The molecule has 1 aromatic heterocycles. The third kappa shape index (κ3) is 2.72. The number of carbonyl (C=O) groups excluding carboxylic acids is 1. The maximum absolute atomic E-state index is 11.0. The number of carbonyl (C=O) groups is 1. The molecule has 0 aliphatic rings. The molecule has 1 rings (SSSR count). The van der Waals surface area contributed by atoms with E-state index in [2.05, 4.69) is 15.3 Å². The van der Waals surface area contributed by atoms with Gasteiger partial charge in [0.25, 0.3) is 0 Å². The van der Waals surface area contributed by atoms with Crippen LogP contribution < -0.4 is 11.2 Å². The summed E-state index contributed by atoms with van der Waals surface area (Å²) in [5, 5.41) is 0. The zero-order chi connectivity index (χ0) is 9.68. The van der Waals surface area contributed by atoms with Gasteiger partial charge in [0.2, 0.25) is 5.91 Å². The van der Waals surface area contributed by atoms with Crippen molar-refractivity contribution in [3.63, 3.8) is 0 Å². The highest BCUT2D eigenvalue weighted by atomic mass is 16.6. The lowest BCUT2D eigenvalue weighted by Crippen LogP contribution is -2.24. The summed E-state index contributed by atoms with van der Waals surface area (Å²) < 4.78 is 0. The summed E-state index contributed by atoms with van der Waals surface area (Å²) in [6.07, 6.45) is 1.75. The second-order valence-corrected chi connectivity index (χ2v) is 2.45. The predicted octanol–water partition coefficient (Wildman–Crippen LogP) is -0.116. The molecule has 0 aromatic carbocycles. The van der Waals surface area contributed by atoms with E-state index in [1.165, 1.54) is 7.11 Å². The highest BCUT2D eigenvalue weighted by Crippen LogP contribution is 2.06. The molecular weight excluding hydrogens is 170 g/mol. The summed E-state index contributed by atoms with van der Waals surface area (Å²) >= 11 is 0. The Labute approximate surface area is 75.9 Å². The van der Waals surface area contributed by atoms with Crippen LogP contribution in [0.15, 0.2) is 18.3 Å². The first kappa shape index (κ1) is 9.47. The molecule has 5 nitrogen and oxygen atoms in total. The Hall–Kier alpha value is -1.62. The number of hydrogen-bond acceptors (Lipinski definition) is 4. The van der Waals surface area contributed by atoms with Gasteiger partial charge in [-0.1, -0.05) is 6.07 Å². The van der Waals surface area contributed by atoms with E-state index < -0.39 is 0 Å². The molecule has 0 bridgehead atoms. The molecule has 70 valence electrons. The van der Waals surface area contributed by atoms with Crippen molar-refractivity contribution in [2.24, 2.45) is 0 Å². The number of aromatic nitrogens is 1. The van der Waals surface area contributed by atoms with E-state index in [1.807, 2.05) is 0 Å². The third-order valence-electron chi connectivity index (χ3n) is 1.49. The molecule has 0 spiro atoms. The van der Waals surface area contributed by atoms with Crippen LogP contribution in [-0.4, -0.2) is 18.0 Å². The van der Waals surface area contributed by atoms with Crippen LogP contribution >= 0.6 is 0 Å². The van der Waals surface area contributed by atoms with E-state index in [9.17, 15) is 4.79 Å². The van der Waals surface area contributed by atoms with Crippen molar-refractivity contribution in [3.05, 3.63) is 23.9 Å². The number of anilines is 1. The Kier molecular flexibility index (Phi) is 3.22. The SMILES string of the molecule is CONC(=O)Cc1cccnc1N. The van der Waals surface area contributed by atoms with Crippen molar-refractivity contribution in [2.75, 3.05) is 12.8 Å². The minimum absolute atomic E-state index is 0.174. The molecule has 1 amide bonds. The number of pyridine rings is 1. The van der Waals surface area contributed by atoms with Crippen molar-refractivity contribution >= 4 is 11.7 Å². The Bertz CT molecular complexity index is 301. The Morgan fingerprint density at radius 2 is 2.54 bits per heavy atom. The van der Waals surface area contributed by atoms with Crippen molar-refractivity contribution in [3.8, 4) is 0 Å². The van der Waals surface area contributed by atoms with E-state index in [1.54, 1.807) is 18.3 Å². The fourth-order valence-corrected chi connectivity index (χ4v) is 0.923. The molecule has 0 fully saturated rings. The molecule has 1 aromatic rings. The molecule has 5 heteroatoms. The Balaban J connectivity index is 2.63. The van der Waals surface area contributed by atoms with Crippen molar-refractivity contribution in [1.82, 2.24) is 10.5 Å². The molecule has 13 heavy (non-hydrogen) atoms. The number of nitrogens with two attached hydrogens (primary N) is 1. The summed E-state index contributed by atoms with van der Waals surface area (Å²) in [7, 11) is 1.38. The summed E-state index contributed by atoms with van der Waals surface area (Å²) in [5.74, 6) is 0.121. The molecule has 0 aliphatic carbocycles. The summed E-state index contributed by atoms with van der Waals surface area (Å²) in [5.41, 5.74) is 8.42. The maximum Gasteiger partial charge on any atom is 0.248 e. The maximum atomic E-state index is 11.0. The van der Waals surface area contributed by atoms with Gasteiger partial charge < -0.3 is 5.73 Å². The number of hydrogen-bond donors (Lipinski definition) is 2. The second-order valence-electron chi connectivity index (χ2n) is 2.45. The largest absolute Gasteiger partial charge is 0.383 e. The molecule has 0 radical (unpaired) electrons. The molecular formula is C8H11N3O2. The second kappa shape index (κ2) is 4.42. The van der Waals surface area contributed by atoms with E-state index in [-0.39, 0.29) is 12.3 Å². The number of rotatable bonds is 3. The smallest absolute Gasteiger partial charge is 0.248 e. The van der Waals surface area contributed by atoms with Crippen LogP contribution in [0, 0.1) is 0 Å². The molecule has 0 unspecified atom stereocenters. The zero-order valence-corrected chi connectivity index (χ0v) is 7.28. The number of hydroxylamine groups is 1. The number of nitrogens with zero attached hydrogens (tertiary/aromatic N) is 1. The molecule has 0 aliphatic heterocycles. The van der Waals surface area contributed by atoms with E-state index in [4.69, 9.17) is 5.73 Å². The highest BCUT2D eigenvalue weighted by Gasteiger charge is 2.05. The summed E-state index contributed by atoms with van der Waals surface area (Å²) in [6, 6.07) is 3.48.